The number of nitrogens with one attached hydrogen (secondary N) is 2. The molecule has 1 atom stereocenters. The maximum Gasteiger partial charge on any atom is 0.339 e. The monoisotopic (exact) mass is 578 g/mol. The van der Waals surface area contributed by atoms with E-state index < -0.39 is 51.6 Å². The topological polar surface area (TPSA) is 187 Å². The van der Waals surface area contributed by atoms with Crippen LogP contribution in [0.3, 0.4) is 0 Å². The average molecular weight is 579 g/mol. The minimum Gasteiger partial charge on any atom is -0.507 e. The van der Waals surface area contributed by atoms with Gasteiger partial charge in [0.15, 0.2) is 5.78 Å². The van der Waals surface area contributed by atoms with Gasteiger partial charge in [0.05, 0.1) is 23.1 Å². The first-order valence-electron chi connectivity index (χ1n) is 12.3. The Morgan fingerprint density at radius 2 is 1.64 bits per heavy atom. The number of sulfonamides is 1. The second-order valence-corrected chi connectivity index (χ2v) is 12.2. The van der Waals surface area contributed by atoms with Crippen molar-refractivity contribution >= 4 is 45.4 Å². The molecule has 3 rings (SSSR count). The van der Waals surface area contributed by atoms with E-state index in [1.807, 2.05) is 0 Å². The van der Waals surface area contributed by atoms with Crippen LogP contribution in [0.15, 0.2) is 47.4 Å². The lowest BCUT2D eigenvalue weighted by Crippen LogP contribution is -2.43. The highest BCUT2D eigenvalue weighted by atomic mass is 32.2. The number of thioether (sulfide) groups is 1. The summed E-state index contributed by atoms with van der Waals surface area (Å²) in [4.78, 5) is 47.6. The Labute approximate surface area is 230 Å². The summed E-state index contributed by atoms with van der Waals surface area (Å²) < 4.78 is 27.4. The van der Waals surface area contributed by atoms with Crippen molar-refractivity contribution in [1.29, 1.82) is 0 Å². The molecular formula is C26H30N2O9S2. The van der Waals surface area contributed by atoms with Crippen LogP contribution in [-0.2, 0) is 26.2 Å². The summed E-state index contributed by atoms with van der Waals surface area (Å²) in [6.45, 7) is -0.175. The van der Waals surface area contributed by atoms with Gasteiger partial charge >= 0.3 is 11.9 Å². The molecule has 1 saturated carbocycles. The van der Waals surface area contributed by atoms with Gasteiger partial charge in [0.1, 0.15) is 11.3 Å². The molecule has 1 aliphatic rings. The van der Waals surface area contributed by atoms with Crippen molar-refractivity contribution in [2.45, 2.75) is 61.3 Å². The number of benzene rings is 2. The molecule has 11 nitrogen and oxygen atoms in total. The number of carbonyl (C=O) groups is 4. The summed E-state index contributed by atoms with van der Waals surface area (Å²) in [5, 5.41) is 30.8. The molecule has 0 aromatic heterocycles. The molecule has 39 heavy (non-hydrogen) atoms. The smallest absolute Gasteiger partial charge is 0.339 e. The summed E-state index contributed by atoms with van der Waals surface area (Å²) in [7, 11) is -4.11. The van der Waals surface area contributed by atoms with Crippen LogP contribution in [-0.4, -0.2) is 64.4 Å². The fourth-order valence-corrected chi connectivity index (χ4v) is 6.39. The first-order chi connectivity index (χ1) is 18.5. The fraction of sp³-hybridized carbons (Fsp3) is 0.385. The van der Waals surface area contributed by atoms with E-state index in [4.69, 9.17) is 5.11 Å². The largest absolute Gasteiger partial charge is 0.507 e. The molecule has 13 heteroatoms. The molecule has 0 saturated heterocycles. The maximum atomic E-state index is 12.7. The number of aromatic carboxylic acids is 1. The van der Waals surface area contributed by atoms with E-state index in [0.717, 1.165) is 43.9 Å². The third kappa shape index (κ3) is 8.80. The number of carboxylic acids is 2. The number of carboxylic acid groups (broad SMARTS) is 2. The van der Waals surface area contributed by atoms with E-state index in [1.54, 1.807) is 0 Å². The van der Waals surface area contributed by atoms with Crippen molar-refractivity contribution < 1.29 is 42.9 Å². The highest BCUT2D eigenvalue weighted by molar-refractivity contribution is 8.00. The molecule has 1 aliphatic carbocycles. The summed E-state index contributed by atoms with van der Waals surface area (Å²) >= 11 is 1.50. The molecular weight excluding hydrogens is 548 g/mol. The summed E-state index contributed by atoms with van der Waals surface area (Å²) in [6, 6.07) is 7.53. The lowest BCUT2D eigenvalue weighted by atomic mass is 10.0. The number of amides is 1. The molecule has 0 unspecified atom stereocenters. The van der Waals surface area contributed by atoms with E-state index in [-0.39, 0.29) is 28.5 Å². The summed E-state index contributed by atoms with van der Waals surface area (Å²) in [6.07, 6.45) is 4.92. The number of hydrogen-bond donors (Lipinski definition) is 5. The molecule has 2 aromatic carbocycles. The van der Waals surface area contributed by atoms with Crippen LogP contribution in [0.5, 0.6) is 5.75 Å². The standard InChI is InChI=1S/C26H30N2O9S2/c29-22-11-10-19(12-20(22)26(34)35)39(36,37)27-14-16-6-8-17(9-7-16)25(33)28-21(13-24(31)32)23(30)15-38-18-4-2-1-3-5-18/h6-12,18,21,27,29H,1-5,13-15H2,(H,28,33)(H,31,32)(H,34,35)/t21-/m0/s1. The quantitative estimate of drug-likeness (QED) is 0.236. The second kappa shape index (κ2) is 13.6. The first-order valence-corrected chi connectivity index (χ1v) is 14.8. The van der Waals surface area contributed by atoms with Crippen LogP contribution >= 0.6 is 11.8 Å². The van der Waals surface area contributed by atoms with Crippen molar-refractivity contribution in [3.63, 3.8) is 0 Å². The zero-order valence-corrected chi connectivity index (χ0v) is 22.6. The van der Waals surface area contributed by atoms with E-state index >= 15 is 0 Å². The molecule has 5 N–H and O–H groups in total. The Bertz CT molecular complexity index is 1320. The van der Waals surface area contributed by atoms with E-state index in [9.17, 15) is 37.8 Å². The van der Waals surface area contributed by atoms with Gasteiger partial charge in [0.2, 0.25) is 10.0 Å². The Hall–Kier alpha value is -3.42. The molecule has 0 heterocycles. The molecule has 0 aliphatic heterocycles. The number of aromatic hydroxyl groups is 1. The predicted octanol–water partition coefficient (Wildman–Crippen LogP) is 2.78. The normalized spacial score (nSPS) is 14.9. The average Bonchev–Trinajstić information content (AvgIpc) is 2.90. The van der Waals surface area contributed by atoms with Crippen molar-refractivity contribution in [2.75, 3.05) is 5.75 Å². The van der Waals surface area contributed by atoms with Gasteiger partial charge in [0.25, 0.3) is 5.91 Å². The molecule has 2 aromatic rings. The predicted molar refractivity (Wildman–Crippen MR) is 143 cm³/mol. The van der Waals surface area contributed by atoms with Gasteiger partial charge in [-0.25, -0.2) is 17.9 Å². The number of ketones is 1. The highest BCUT2D eigenvalue weighted by Crippen LogP contribution is 2.28. The van der Waals surface area contributed by atoms with E-state index in [1.165, 1.54) is 42.4 Å². The van der Waals surface area contributed by atoms with Crippen LogP contribution < -0.4 is 10.0 Å². The Morgan fingerprint density at radius 3 is 2.26 bits per heavy atom. The van der Waals surface area contributed by atoms with Crippen LogP contribution in [0, 0.1) is 0 Å². The first kappa shape index (κ1) is 30.1. The number of carbonyl (C=O) groups excluding carboxylic acids is 2. The Kier molecular flexibility index (Phi) is 10.5. The zero-order valence-electron chi connectivity index (χ0n) is 21.0. The molecule has 0 radical (unpaired) electrons. The van der Waals surface area contributed by atoms with Crippen molar-refractivity contribution in [1.82, 2.24) is 10.0 Å². The number of Topliss-reactive ketones (excluding diaryl/α,β-unsaturated/α-hetero) is 1. The molecule has 1 fully saturated rings. The van der Waals surface area contributed by atoms with Gasteiger partial charge in [-0.1, -0.05) is 31.4 Å². The Morgan fingerprint density at radius 1 is 0.974 bits per heavy atom. The third-order valence-electron chi connectivity index (χ3n) is 6.28. The second-order valence-electron chi connectivity index (χ2n) is 9.17. The number of aliphatic carboxylic acids is 1. The van der Waals surface area contributed by atoms with Gasteiger partial charge < -0.3 is 20.6 Å². The minimum atomic E-state index is -4.11. The third-order valence-corrected chi connectivity index (χ3v) is 9.07. The van der Waals surface area contributed by atoms with Crippen LogP contribution in [0.1, 0.15) is 64.8 Å². The lowest BCUT2D eigenvalue weighted by Gasteiger charge is -2.22. The summed E-state index contributed by atoms with van der Waals surface area (Å²) in [5.41, 5.74) is 0.0873. The molecule has 0 bridgehead atoms. The maximum absolute atomic E-state index is 12.7. The minimum absolute atomic E-state index is 0.122. The van der Waals surface area contributed by atoms with Gasteiger partial charge in [-0.3, -0.25) is 14.4 Å². The SMILES string of the molecule is O=C(O)C[C@H](NC(=O)c1ccc(CNS(=O)(=O)c2ccc(O)c(C(=O)O)c2)cc1)C(=O)CSC1CCCCC1. The lowest BCUT2D eigenvalue weighted by molar-refractivity contribution is -0.139. The van der Waals surface area contributed by atoms with E-state index in [0.29, 0.717) is 10.8 Å². The number of rotatable bonds is 13. The van der Waals surface area contributed by atoms with Gasteiger partial charge in [-0.05, 0) is 48.7 Å². The molecule has 210 valence electrons. The van der Waals surface area contributed by atoms with Crippen molar-refractivity contribution in [3.8, 4) is 5.75 Å². The van der Waals surface area contributed by atoms with Gasteiger partial charge in [0, 0.05) is 17.4 Å². The van der Waals surface area contributed by atoms with Crippen molar-refractivity contribution in [2.24, 2.45) is 0 Å². The molecule has 0 spiro atoms. The summed E-state index contributed by atoms with van der Waals surface area (Å²) in [5.74, 6) is -4.11. The Balaban J connectivity index is 1.59. The van der Waals surface area contributed by atoms with Crippen LogP contribution in [0.2, 0.25) is 0 Å². The van der Waals surface area contributed by atoms with Gasteiger partial charge in [-0.2, -0.15) is 11.8 Å². The fourth-order valence-electron chi connectivity index (χ4n) is 4.08. The number of phenols is 1. The van der Waals surface area contributed by atoms with Crippen LogP contribution in [0.4, 0.5) is 0 Å². The molecule has 1 amide bonds. The number of hydrogen-bond acceptors (Lipinski definition) is 8. The van der Waals surface area contributed by atoms with Crippen LogP contribution in [0.25, 0.3) is 0 Å². The van der Waals surface area contributed by atoms with Gasteiger partial charge in [-0.15, -0.1) is 0 Å². The highest BCUT2D eigenvalue weighted by Gasteiger charge is 2.26. The van der Waals surface area contributed by atoms with Crippen molar-refractivity contribution in [3.05, 3.63) is 59.2 Å². The van der Waals surface area contributed by atoms with E-state index in [2.05, 4.69) is 10.0 Å². The zero-order chi connectivity index (χ0) is 28.6.